The molecule has 0 bridgehead atoms. The highest BCUT2D eigenvalue weighted by atomic mass is 16.3. The second-order valence-corrected chi connectivity index (χ2v) is 2.94. The lowest BCUT2D eigenvalue weighted by atomic mass is 9.86. The van der Waals surface area contributed by atoms with E-state index in [0.717, 1.165) is 0 Å². The van der Waals surface area contributed by atoms with Crippen molar-refractivity contribution in [3.05, 3.63) is 0 Å². The Labute approximate surface area is 55.5 Å². The van der Waals surface area contributed by atoms with Crippen LogP contribution in [0, 0.1) is 5.41 Å². The van der Waals surface area contributed by atoms with Crippen molar-refractivity contribution in [2.24, 2.45) is 11.1 Å². The molecule has 56 valence electrons. The Morgan fingerprint density at radius 1 is 1.44 bits per heavy atom. The van der Waals surface area contributed by atoms with Crippen LogP contribution in [0.1, 0.15) is 13.8 Å². The maximum Gasteiger partial charge on any atom is 0.0588 e. The molecule has 1 atom stereocenters. The molecule has 3 nitrogen and oxygen atoms in total. The summed E-state index contributed by atoms with van der Waals surface area (Å²) in [7, 11) is 0. The molecule has 0 aliphatic heterocycles. The van der Waals surface area contributed by atoms with Gasteiger partial charge in [0.05, 0.1) is 6.61 Å². The largest absolute Gasteiger partial charge is 0.396 e. The van der Waals surface area contributed by atoms with Gasteiger partial charge in [-0.1, -0.05) is 13.8 Å². The zero-order chi connectivity index (χ0) is 7.49. The van der Waals surface area contributed by atoms with Crippen LogP contribution in [-0.4, -0.2) is 29.5 Å². The molecule has 0 spiro atoms. The van der Waals surface area contributed by atoms with Crippen LogP contribution in [0.25, 0.3) is 0 Å². The molecule has 0 radical (unpaired) electrons. The predicted molar refractivity (Wildman–Crippen MR) is 35.9 cm³/mol. The molecule has 0 aliphatic carbocycles. The fourth-order valence-electron chi connectivity index (χ4n) is 0.364. The second kappa shape index (κ2) is 3.15. The third-order valence-corrected chi connectivity index (χ3v) is 1.61. The maximum absolute atomic E-state index is 8.70. The summed E-state index contributed by atoms with van der Waals surface area (Å²) in [5.74, 6) is 0. The van der Waals surface area contributed by atoms with E-state index in [2.05, 4.69) is 0 Å². The minimum absolute atomic E-state index is 0.00866. The average Bonchev–Trinajstić information content (AvgIpc) is 1.86. The third-order valence-electron chi connectivity index (χ3n) is 1.61. The van der Waals surface area contributed by atoms with Gasteiger partial charge >= 0.3 is 0 Å². The summed E-state index contributed by atoms with van der Waals surface area (Å²) in [5.41, 5.74) is 5.08. The first kappa shape index (κ1) is 8.88. The standard InChI is InChI=1S/C6H15NO2/c1-6(2,4-9)5(7)3-8/h5,8-9H,3-4,7H2,1-2H3/t5-/m1/s1. The van der Waals surface area contributed by atoms with Crippen LogP contribution in [0.15, 0.2) is 0 Å². The Balaban J connectivity index is 3.80. The molecule has 0 amide bonds. The molecule has 9 heavy (non-hydrogen) atoms. The van der Waals surface area contributed by atoms with Gasteiger partial charge in [0.1, 0.15) is 0 Å². The van der Waals surface area contributed by atoms with Gasteiger partial charge in [-0.15, -0.1) is 0 Å². The molecule has 0 rings (SSSR count). The van der Waals surface area contributed by atoms with E-state index in [1.54, 1.807) is 0 Å². The second-order valence-electron chi connectivity index (χ2n) is 2.94. The van der Waals surface area contributed by atoms with Gasteiger partial charge in [0.2, 0.25) is 0 Å². The van der Waals surface area contributed by atoms with Crippen LogP contribution in [0.3, 0.4) is 0 Å². The zero-order valence-corrected chi connectivity index (χ0v) is 5.96. The SMILES string of the molecule is CC(C)(CO)[C@H](N)CO. The Hall–Kier alpha value is -0.120. The number of nitrogens with two attached hydrogens (primary N) is 1. The minimum atomic E-state index is -0.366. The highest BCUT2D eigenvalue weighted by Crippen LogP contribution is 2.16. The average molecular weight is 133 g/mol. The molecule has 0 aromatic carbocycles. The molecular formula is C6H15NO2. The quantitative estimate of drug-likeness (QED) is 0.478. The van der Waals surface area contributed by atoms with Crippen molar-refractivity contribution in [2.45, 2.75) is 19.9 Å². The molecule has 0 fully saturated rings. The first-order chi connectivity index (χ1) is 4.04. The van der Waals surface area contributed by atoms with Crippen LogP contribution in [0.5, 0.6) is 0 Å². The van der Waals surface area contributed by atoms with Crippen LogP contribution < -0.4 is 5.73 Å². The summed E-state index contributed by atoms with van der Waals surface area (Å²) in [6.45, 7) is 3.56. The lowest BCUT2D eigenvalue weighted by molar-refractivity contribution is 0.0988. The molecule has 3 heteroatoms. The number of hydrogen-bond acceptors (Lipinski definition) is 3. The fraction of sp³-hybridized carbons (Fsp3) is 1.00. The summed E-state index contributed by atoms with van der Waals surface area (Å²) in [4.78, 5) is 0. The smallest absolute Gasteiger partial charge is 0.0588 e. The normalized spacial score (nSPS) is 15.7. The lowest BCUT2D eigenvalue weighted by Crippen LogP contribution is -2.42. The van der Waals surface area contributed by atoms with Gasteiger partial charge in [-0.05, 0) is 0 Å². The summed E-state index contributed by atoms with van der Waals surface area (Å²) in [6.07, 6.45) is 0. The Morgan fingerprint density at radius 2 is 1.89 bits per heavy atom. The molecule has 0 unspecified atom stereocenters. The summed E-state index contributed by atoms with van der Waals surface area (Å²) < 4.78 is 0. The van der Waals surface area contributed by atoms with Gasteiger partial charge in [0.15, 0.2) is 0 Å². The summed E-state index contributed by atoms with van der Waals surface area (Å²) in [5, 5.41) is 17.3. The highest BCUT2D eigenvalue weighted by Gasteiger charge is 2.24. The van der Waals surface area contributed by atoms with E-state index in [1.807, 2.05) is 13.8 Å². The van der Waals surface area contributed by atoms with Crippen molar-refractivity contribution in [3.8, 4) is 0 Å². The first-order valence-electron chi connectivity index (χ1n) is 3.02. The summed E-state index contributed by atoms with van der Waals surface area (Å²) in [6, 6.07) is -0.331. The van der Waals surface area contributed by atoms with E-state index in [9.17, 15) is 0 Å². The minimum Gasteiger partial charge on any atom is -0.396 e. The topological polar surface area (TPSA) is 66.5 Å². The van der Waals surface area contributed by atoms with E-state index in [-0.39, 0.29) is 24.7 Å². The Kier molecular flexibility index (Phi) is 3.11. The van der Waals surface area contributed by atoms with Crippen LogP contribution in [-0.2, 0) is 0 Å². The third kappa shape index (κ3) is 2.30. The van der Waals surface area contributed by atoms with E-state index in [0.29, 0.717) is 0 Å². The predicted octanol–water partition coefficient (Wildman–Crippen LogP) is -0.676. The molecule has 0 saturated heterocycles. The number of rotatable bonds is 3. The summed E-state index contributed by atoms with van der Waals surface area (Å²) >= 11 is 0. The van der Waals surface area contributed by atoms with Crippen molar-refractivity contribution >= 4 is 0 Å². The number of aliphatic hydroxyl groups is 2. The zero-order valence-electron chi connectivity index (χ0n) is 5.96. The van der Waals surface area contributed by atoms with Crippen LogP contribution in [0.2, 0.25) is 0 Å². The van der Waals surface area contributed by atoms with E-state index < -0.39 is 0 Å². The van der Waals surface area contributed by atoms with Crippen molar-refractivity contribution in [1.29, 1.82) is 0 Å². The van der Waals surface area contributed by atoms with Crippen LogP contribution >= 0.6 is 0 Å². The molecular weight excluding hydrogens is 118 g/mol. The number of aliphatic hydroxyl groups excluding tert-OH is 2. The van der Waals surface area contributed by atoms with Crippen molar-refractivity contribution < 1.29 is 10.2 Å². The molecule has 0 aromatic rings. The van der Waals surface area contributed by atoms with E-state index in [1.165, 1.54) is 0 Å². The van der Waals surface area contributed by atoms with Gasteiger partial charge < -0.3 is 15.9 Å². The molecule has 0 aromatic heterocycles. The lowest BCUT2D eigenvalue weighted by Gasteiger charge is -2.27. The molecule has 0 saturated carbocycles. The van der Waals surface area contributed by atoms with Gasteiger partial charge in [0, 0.05) is 18.1 Å². The molecule has 4 N–H and O–H groups in total. The maximum atomic E-state index is 8.70. The molecule has 0 heterocycles. The fourth-order valence-corrected chi connectivity index (χ4v) is 0.364. The number of hydrogen-bond donors (Lipinski definition) is 3. The molecule has 0 aliphatic rings. The van der Waals surface area contributed by atoms with E-state index in [4.69, 9.17) is 15.9 Å². The van der Waals surface area contributed by atoms with Crippen molar-refractivity contribution in [1.82, 2.24) is 0 Å². The Bertz CT molecular complexity index is 83.1. The van der Waals surface area contributed by atoms with E-state index >= 15 is 0 Å². The highest BCUT2D eigenvalue weighted by molar-refractivity contribution is 4.79. The van der Waals surface area contributed by atoms with Gasteiger partial charge in [-0.2, -0.15) is 0 Å². The Morgan fingerprint density at radius 3 is 2.00 bits per heavy atom. The van der Waals surface area contributed by atoms with Crippen molar-refractivity contribution in [2.75, 3.05) is 13.2 Å². The first-order valence-corrected chi connectivity index (χ1v) is 3.02. The van der Waals surface area contributed by atoms with Gasteiger partial charge in [-0.25, -0.2) is 0 Å². The van der Waals surface area contributed by atoms with Gasteiger partial charge in [-0.3, -0.25) is 0 Å². The van der Waals surface area contributed by atoms with Crippen molar-refractivity contribution in [3.63, 3.8) is 0 Å². The van der Waals surface area contributed by atoms with Crippen LogP contribution in [0.4, 0.5) is 0 Å². The van der Waals surface area contributed by atoms with Gasteiger partial charge in [0.25, 0.3) is 0 Å². The monoisotopic (exact) mass is 133 g/mol.